The number of hydrogen-bond donors (Lipinski definition) is 1. The molecule has 1 atom stereocenters. The molecule has 0 spiro atoms. The van der Waals surface area contributed by atoms with Crippen LogP contribution in [-0.2, 0) is 14.3 Å². The van der Waals surface area contributed by atoms with Gasteiger partial charge in [0.25, 0.3) is 11.7 Å². The lowest BCUT2D eigenvalue weighted by Gasteiger charge is -2.25. The summed E-state index contributed by atoms with van der Waals surface area (Å²) in [6.45, 7) is 5.22. The van der Waals surface area contributed by atoms with Crippen LogP contribution in [-0.4, -0.2) is 48.6 Å². The fourth-order valence-corrected chi connectivity index (χ4v) is 3.92. The van der Waals surface area contributed by atoms with E-state index in [-0.39, 0.29) is 17.9 Å². The van der Waals surface area contributed by atoms with E-state index in [0.717, 1.165) is 18.4 Å². The van der Waals surface area contributed by atoms with Gasteiger partial charge in [-0.05, 0) is 61.2 Å². The van der Waals surface area contributed by atoms with Gasteiger partial charge in [0.05, 0.1) is 18.2 Å². The third-order valence-electron chi connectivity index (χ3n) is 5.68. The topological polar surface area (TPSA) is 76.1 Å². The van der Waals surface area contributed by atoms with Gasteiger partial charge >= 0.3 is 0 Å². The number of nitrogens with zero attached hydrogens (tertiary/aromatic N) is 1. The van der Waals surface area contributed by atoms with Crippen LogP contribution in [0.3, 0.4) is 0 Å². The second-order valence-corrected chi connectivity index (χ2v) is 8.07. The van der Waals surface area contributed by atoms with Crippen molar-refractivity contribution >= 4 is 17.4 Å². The molecule has 0 aromatic heterocycles. The zero-order valence-corrected chi connectivity index (χ0v) is 19.3. The molecule has 1 N–H and O–H groups in total. The van der Waals surface area contributed by atoms with Crippen LogP contribution in [0.4, 0.5) is 4.39 Å². The summed E-state index contributed by atoms with van der Waals surface area (Å²) in [5.74, 6) is -1.45. The number of likely N-dealkylation sites (tertiary alicyclic amines) is 1. The second kappa shape index (κ2) is 11.1. The number of aliphatic hydroxyl groups excluding tert-OH is 1. The maximum absolute atomic E-state index is 13.5. The van der Waals surface area contributed by atoms with Crippen molar-refractivity contribution in [2.45, 2.75) is 39.2 Å². The van der Waals surface area contributed by atoms with E-state index in [0.29, 0.717) is 36.5 Å². The van der Waals surface area contributed by atoms with Crippen LogP contribution in [0.2, 0.25) is 0 Å². The van der Waals surface area contributed by atoms with Gasteiger partial charge in [-0.2, -0.15) is 0 Å². The SMILES string of the molecule is CCCCOc1ccc(C(O)=C2C(=O)C(=O)N(CCCOC)C2c2ccc(F)cc2)cc1C. The summed E-state index contributed by atoms with van der Waals surface area (Å²) in [4.78, 5) is 27.3. The molecule has 1 fully saturated rings. The predicted molar refractivity (Wildman–Crippen MR) is 123 cm³/mol. The van der Waals surface area contributed by atoms with Crippen LogP contribution < -0.4 is 4.74 Å². The first-order valence-corrected chi connectivity index (χ1v) is 11.2. The lowest BCUT2D eigenvalue weighted by molar-refractivity contribution is -0.140. The van der Waals surface area contributed by atoms with Crippen LogP contribution in [0.25, 0.3) is 5.76 Å². The van der Waals surface area contributed by atoms with Gasteiger partial charge in [0.15, 0.2) is 0 Å². The van der Waals surface area contributed by atoms with Crippen LogP contribution >= 0.6 is 0 Å². The number of methoxy groups -OCH3 is 1. The Morgan fingerprint density at radius 2 is 1.82 bits per heavy atom. The van der Waals surface area contributed by atoms with Gasteiger partial charge in [-0.3, -0.25) is 9.59 Å². The first kappa shape index (κ1) is 24.5. The highest BCUT2D eigenvalue weighted by molar-refractivity contribution is 6.46. The van der Waals surface area contributed by atoms with Gasteiger partial charge < -0.3 is 19.5 Å². The predicted octanol–water partition coefficient (Wildman–Crippen LogP) is 4.77. The molecule has 2 aromatic carbocycles. The van der Waals surface area contributed by atoms with Crippen LogP contribution in [0.5, 0.6) is 5.75 Å². The molecular formula is C26H30FNO5. The molecule has 176 valence electrons. The highest BCUT2D eigenvalue weighted by atomic mass is 19.1. The Bertz CT molecular complexity index is 1030. The standard InChI is InChI=1S/C26H30FNO5/c1-4-5-15-33-21-12-9-19(16-17(21)2)24(29)22-23(18-7-10-20(27)11-8-18)28(13-6-14-32-3)26(31)25(22)30/h7-12,16,23,29H,4-6,13-15H2,1-3H3. The number of carbonyl (C=O) groups is 2. The van der Waals surface area contributed by atoms with Gasteiger partial charge in [-0.15, -0.1) is 0 Å². The summed E-state index contributed by atoms with van der Waals surface area (Å²) >= 11 is 0. The molecule has 6 nitrogen and oxygen atoms in total. The maximum atomic E-state index is 13.5. The van der Waals surface area contributed by atoms with Crippen molar-refractivity contribution < 1.29 is 28.6 Å². The lowest BCUT2D eigenvalue weighted by atomic mass is 9.94. The first-order valence-electron chi connectivity index (χ1n) is 11.2. The summed E-state index contributed by atoms with van der Waals surface area (Å²) in [7, 11) is 1.56. The third-order valence-corrected chi connectivity index (χ3v) is 5.68. The van der Waals surface area contributed by atoms with Gasteiger partial charge in [0, 0.05) is 25.8 Å². The zero-order valence-electron chi connectivity index (χ0n) is 19.3. The minimum atomic E-state index is -0.816. The third kappa shape index (κ3) is 5.42. The van der Waals surface area contributed by atoms with Crippen LogP contribution in [0.1, 0.15) is 48.9 Å². The Kier molecular flexibility index (Phi) is 8.22. The fourth-order valence-electron chi connectivity index (χ4n) is 3.92. The van der Waals surface area contributed by atoms with Gasteiger partial charge in [-0.1, -0.05) is 25.5 Å². The molecule has 0 aliphatic carbocycles. The molecule has 1 aliphatic rings. The normalized spacial score (nSPS) is 17.6. The number of unbranched alkanes of at least 4 members (excludes halogenated alkanes) is 1. The number of aliphatic hydroxyl groups is 1. The van der Waals surface area contributed by atoms with Crippen molar-refractivity contribution in [3.05, 3.63) is 70.5 Å². The zero-order chi connectivity index (χ0) is 24.0. The van der Waals surface area contributed by atoms with Gasteiger partial charge in [-0.25, -0.2) is 4.39 Å². The van der Waals surface area contributed by atoms with Crippen LogP contribution in [0, 0.1) is 12.7 Å². The summed E-state index contributed by atoms with van der Waals surface area (Å²) in [5.41, 5.74) is 1.76. The molecule has 1 unspecified atom stereocenters. The molecule has 33 heavy (non-hydrogen) atoms. The van der Waals surface area contributed by atoms with Crippen molar-refractivity contribution in [2.24, 2.45) is 0 Å². The monoisotopic (exact) mass is 455 g/mol. The van der Waals surface area contributed by atoms with E-state index < -0.39 is 23.5 Å². The highest BCUT2D eigenvalue weighted by Crippen LogP contribution is 2.40. The van der Waals surface area contributed by atoms with Crippen molar-refractivity contribution in [1.29, 1.82) is 0 Å². The highest BCUT2D eigenvalue weighted by Gasteiger charge is 2.45. The Balaban J connectivity index is 2.03. The van der Waals surface area contributed by atoms with E-state index in [1.165, 1.54) is 29.2 Å². The number of Topliss-reactive ketones (excluding diaryl/α,β-unsaturated/α-hetero) is 1. The van der Waals surface area contributed by atoms with E-state index >= 15 is 0 Å². The van der Waals surface area contributed by atoms with Crippen molar-refractivity contribution in [3.63, 3.8) is 0 Å². The molecule has 3 rings (SSSR count). The summed E-state index contributed by atoms with van der Waals surface area (Å²) in [6, 6.07) is 9.94. The first-order chi connectivity index (χ1) is 15.9. The molecule has 1 heterocycles. The van der Waals surface area contributed by atoms with Crippen LogP contribution in [0.15, 0.2) is 48.0 Å². The summed E-state index contributed by atoms with van der Waals surface area (Å²) in [6.07, 6.45) is 2.47. The maximum Gasteiger partial charge on any atom is 0.295 e. The number of carbonyl (C=O) groups excluding carboxylic acids is 2. The number of ether oxygens (including phenoxy) is 2. The van der Waals surface area contributed by atoms with Crippen molar-refractivity contribution in [2.75, 3.05) is 26.9 Å². The number of amides is 1. The van der Waals surface area contributed by atoms with E-state index in [4.69, 9.17) is 9.47 Å². The minimum Gasteiger partial charge on any atom is -0.507 e. The van der Waals surface area contributed by atoms with E-state index in [9.17, 15) is 19.1 Å². The van der Waals surface area contributed by atoms with Gasteiger partial charge in [0.1, 0.15) is 17.3 Å². The fraction of sp³-hybridized carbons (Fsp3) is 0.385. The van der Waals surface area contributed by atoms with Crippen molar-refractivity contribution in [1.82, 2.24) is 4.90 Å². The molecule has 1 saturated heterocycles. The Morgan fingerprint density at radius 3 is 2.45 bits per heavy atom. The number of aryl methyl sites for hydroxylation is 1. The van der Waals surface area contributed by atoms with Crippen molar-refractivity contribution in [3.8, 4) is 5.75 Å². The Labute approximate surface area is 193 Å². The Morgan fingerprint density at radius 1 is 1.09 bits per heavy atom. The Hall–Kier alpha value is -3.19. The number of hydrogen-bond acceptors (Lipinski definition) is 5. The summed E-state index contributed by atoms with van der Waals surface area (Å²) < 4.78 is 24.4. The number of benzene rings is 2. The largest absolute Gasteiger partial charge is 0.507 e. The second-order valence-electron chi connectivity index (χ2n) is 8.07. The average Bonchev–Trinajstić information content (AvgIpc) is 3.05. The molecule has 0 saturated carbocycles. The molecule has 0 bridgehead atoms. The van der Waals surface area contributed by atoms with E-state index in [2.05, 4.69) is 6.92 Å². The van der Waals surface area contributed by atoms with E-state index in [1.807, 2.05) is 6.92 Å². The van der Waals surface area contributed by atoms with E-state index in [1.54, 1.807) is 25.3 Å². The number of rotatable bonds is 10. The molecule has 1 amide bonds. The quantitative estimate of drug-likeness (QED) is 0.242. The molecule has 2 aromatic rings. The number of ketones is 1. The lowest BCUT2D eigenvalue weighted by Crippen LogP contribution is -2.31. The average molecular weight is 456 g/mol. The molecule has 1 aliphatic heterocycles. The smallest absolute Gasteiger partial charge is 0.295 e. The minimum absolute atomic E-state index is 0.0110. The molecule has 7 heteroatoms. The van der Waals surface area contributed by atoms with Gasteiger partial charge in [0.2, 0.25) is 0 Å². The number of halogens is 1. The molecule has 0 radical (unpaired) electrons. The molecular weight excluding hydrogens is 425 g/mol. The summed E-state index contributed by atoms with van der Waals surface area (Å²) in [5, 5.41) is 11.2.